The summed E-state index contributed by atoms with van der Waals surface area (Å²) < 4.78 is 30.5. The maximum Gasteiger partial charge on any atom is 0.281 e. The van der Waals surface area contributed by atoms with Crippen LogP contribution in [0.3, 0.4) is 0 Å². The second-order valence-corrected chi connectivity index (χ2v) is 4.67. The van der Waals surface area contributed by atoms with Crippen LogP contribution in [0, 0.1) is 6.92 Å². The summed E-state index contributed by atoms with van der Waals surface area (Å²) in [4.78, 5) is 10.8. The predicted molar refractivity (Wildman–Crippen MR) is 53.6 cm³/mol. The molecule has 1 aromatic rings. The Morgan fingerprint density at radius 3 is 2.13 bits per heavy atom. The first-order chi connectivity index (χ1) is 6.82. The first-order valence-corrected chi connectivity index (χ1v) is 5.61. The SMILES string of the molecule is Cc1ccc(C(C([NH])=O)S(=O)(=O)O)cc1. The van der Waals surface area contributed by atoms with E-state index >= 15 is 0 Å². The Morgan fingerprint density at radius 1 is 1.33 bits per heavy atom. The highest BCUT2D eigenvalue weighted by molar-refractivity contribution is 7.86. The van der Waals surface area contributed by atoms with Gasteiger partial charge in [0.2, 0.25) is 0 Å². The van der Waals surface area contributed by atoms with Crippen LogP contribution in [-0.4, -0.2) is 18.9 Å². The third-order valence-corrected chi connectivity index (χ3v) is 3.00. The maximum atomic E-state index is 10.9. The van der Waals surface area contributed by atoms with E-state index in [1.807, 2.05) is 0 Å². The van der Waals surface area contributed by atoms with Crippen molar-refractivity contribution in [2.75, 3.05) is 0 Å². The van der Waals surface area contributed by atoms with Gasteiger partial charge in [-0.2, -0.15) is 8.42 Å². The Labute approximate surface area is 87.7 Å². The summed E-state index contributed by atoms with van der Waals surface area (Å²) in [6.07, 6.45) is 0. The molecular formula is C9H10NO4S. The minimum atomic E-state index is -4.57. The number of rotatable bonds is 3. The molecule has 0 aliphatic heterocycles. The molecule has 1 aromatic carbocycles. The zero-order valence-electron chi connectivity index (χ0n) is 7.97. The molecule has 0 aliphatic carbocycles. The van der Waals surface area contributed by atoms with E-state index in [1.165, 1.54) is 12.1 Å². The van der Waals surface area contributed by atoms with Crippen molar-refractivity contribution in [3.05, 3.63) is 35.4 Å². The Morgan fingerprint density at radius 2 is 1.80 bits per heavy atom. The van der Waals surface area contributed by atoms with Gasteiger partial charge < -0.3 is 0 Å². The van der Waals surface area contributed by atoms with Crippen LogP contribution in [-0.2, 0) is 14.9 Å². The number of nitrogens with one attached hydrogen (secondary N) is 1. The fourth-order valence-electron chi connectivity index (χ4n) is 1.20. The van der Waals surface area contributed by atoms with E-state index in [9.17, 15) is 13.2 Å². The monoisotopic (exact) mass is 228 g/mol. The van der Waals surface area contributed by atoms with Gasteiger partial charge in [0.25, 0.3) is 16.0 Å². The molecule has 1 radical (unpaired) electrons. The summed E-state index contributed by atoms with van der Waals surface area (Å²) in [5.74, 6) is -1.35. The minimum absolute atomic E-state index is 0.100. The molecule has 15 heavy (non-hydrogen) atoms. The Hall–Kier alpha value is -1.40. The van der Waals surface area contributed by atoms with Gasteiger partial charge in [-0.15, -0.1) is 0 Å². The molecule has 0 saturated heterocycles. The normalized spacial score (nSPS) is 13.5. The predicted octanol–water partition coefficient (Wildman–Crippen LogP) is 0.733. The van der Waals surface area contributed by atoms with Gasteiger partial charge >= 0.3 is 0 Å². The highest BCUT2D eigenvalue weighted by atomic mass is 32.2. The summed E-state index contributed by atoms with van der Waals surface area (Å²) in [7, 11) is -4.57. The summed E-state index contributed by atoms with van der Waals surface area (Å²) in [5, 5.41) is -1.81. The molecule has 0 aromatic heterocycles. The molecule has 0 fully saturated rings. The summed E-state index contributed by atoms with van der Waals surface area (Å²) in [5.41, 5.74) is 7.80. The van der Waals surface area contributed by atoms with Crippen LogP contribution in [0.15, 0.2) is 24.3 Å². The van der Waals surface area contributed by atoms with Gasteiger partial charge in [-0.3, -0.25) is 15.1 Å². The molecule has 0 bridgehead atoms. The van der Waals surface area contributed by atoms with Gasteiger partial charge in [-0.05, 0) is 12.5 Å². The second-order valence-electron chi connectivity index (χ2n) is 3.17. The summed E-state index contributed by atoms with van der Waals surface area (Å²) in [6.45, 7) is 1.80. The Bertz CT molecular complexity index is 463. The molecule has 1 atom stereocenters. The molecule has 2 N–H and O–H groups in total. The number of hydrogen-bond acceptors (Lipinski definition) is 3. The van der Waals surface area contributed by atoms with Crippen molar-refractivity contribution in [1.29, 1.82) is 0 Å². The van der Waals surface area contributed by atoms with E-state index in [4.69, 9.17) is 10.3 Å². The minimum Gasteiger partial charge on any atom is -0.285 e. The standard InChI is InChI=1S/C9H10NO4S/c1-6-2-4-7(5-3-6)8(9(10)11)15(12,13)14/h2-5,8,10H,1H3,(H,12,13,14). The van der Waals surface area contributed by atoms with Crippen LogP contribution in [0.4, 0.5) is 0 Å². The van der Waals surface area contributed by atoms with Crippen molar-refractivity contribution < 1.29 is 17.8 Å². The first-order valence-electron chi connectivity index (χ1n) is 4.10. The lowest BCUT2D eigenvalue weighted by Gasteiger charge is -2.09. The number of aryl methyl sites for hydroxylation is 1. The molecule has 0 spiro atoms. The fourth-order valence-corrected chi connectivity index (χ4v) is 1.97. The van der Waals surface area contributed by atoms with Gasteiger partial charge in [0.1, 0.15) is 0 Å². The summed E-state index contributed by atoms with van der Waals surface area (Å²) in [6, 6.07) is 6.02. The van der Waals surface area contributed by atoms with E-state index in [0.717, 1.165) is 5.56 Å². The lowest BCUT2D eigenvalue weighted by molar-refractivity contribution is -0.118. The topological polar surface area (TPSA) is 95.2 Å². The van der Waals surface area contributed by atoms with Crippen LogP contribution in [0.2, 0.25) is 0 Å². The van der Waals surface area contributed by atoms with Crippen LogP contribution in [0.5, 0.6) is 0 Å². The number of carbonyl (C=O) groups excluding carboxylic acids is 1. The van der Waals surface area contributed by atoms with Gasteiger partial charge in [0.05, 0.1) is 0 Å². The lowest BCUT2D eigenvalue weighted by Crippen LogP contribution is -2.22. The van der Waals surface area contributed by atoms with Crippen LogP contribution < -0.4 is 5.73 Å². The number of hydrogen-bond donors (Lipinski definition) is 1. The second kappa shape index (κ2) is 4.00. The smallest absolute Gasteiger partial charge is 0.281 e. The molecule has 81 valence electrons. The highest BCUT2D eigenvalue weighted by Crippen LogP contribution is 2.21. The van der Waals surface area contributed by atoms with Crippen molar-refractivity contribution in [3.63, 3.8) is 0 Å². The maximum absolute atomic E-state index is 10.9. The first kappa shape index (κ1) is 11.7. The van der Waals surface area contributed by atoms with E-state index in [1.54, 1.807) is 19.1 Å². The quantitative estimate of drug-likeness (QED) is 0.771. The Balaban J connectivity index is 3.23. The zero-order valence-corrected chi connectivity index (χ0v) is 8.78. The van der Waals surface area contributed by atoms with Crippen LogP contribution in [0.25, 0.3) is 0 Å². The van der Waals surface area contributed by atoms with Crippen molar-refractivity contribution in [1.82, 2.24) is 5.73 Å². The largest absolute Gasteiger partial charge is 0.285 e. The molecule has 6 heteroatoms. The van der Waals surface area contributed by atoms with Crippen molar-refractivity contribution in [3.8, 4) is 0 Å². The molecule has 1 amide bonds. The van der Waals surface area contributed by atoms with Crippen LogP contribution in [0.1, 0.15) is 16.4 Å². The lowest BCUT2D eigenvalue weighted by atomic mass is 10.1. The average Bonchev–Trinajstić information content (AvgIpc) is 2.05. The van der Waals surface area contributed by atoms with E-state index in [-0.39, 0.29) is 5.56 Å². The summed E-state index contributed by atoms with van der Waals surface area (Å²) >= 11 is 0. The molecule has 0 aliphatic rings. The fraction of sp³-hybridized carbons (Fsp3) is 0.222. The third-order valence-electron chi connectivity index (χ3n) is 1.92. The van der Waals surface area contributed by atoms with E-state index < -0.39 is 21.3 Å². The Kier molecular flexibility index (Phi) is 3.11. The molecule has 0 heterocycles. The van der Waals surface area contributed by atoms with Crippen molar-refractivity contribution >= 4 is 16.0 Å². The molecule has 0 saturated carbocycles. The molecule has 1 unspecified atom stereocenters. The van der Waals surface area contributed by atoms with Gasteiger partial charge in [-0.1, -0.05) is 29.8 Å². The number of benzene rings is 1. The molecule has 5 nitrogen and oxygen atoms in total. The van der Waals surface area contributed by atoms with Gasteiger partial charge in [0.15, 0.2) is 5.25 Å². The van der Waals surface area contributed by atoms with Crippen molar-refractivity contribution in [2.24, 2.45) is 0 Å². The number of amides is 1. The van der Waals surface area contributed by atoms with Crippen LogP contribution >= 0.6 is 0 Å². The van der Waals surface area contributed by atoms with Gasteiger partial charge in [-0.25, -0.2) is 0 Å². The average molecular weight is 228 g/mol. The van der Waals surface area contributed by atoms with Crippen molar-refractivity contribution in [2.45, 2.75) is 12.2 Å². The van der Waals surface area contributed by atoms with Gasteiger partial charge in [0, 0.05) is 0 Å². The molecular weight excluding hydrogens is 218 g/mol. The third kappa shape index (κ3) is 2.77. The van der Waals surface area contributed by atoms with E-state index in [2.05, 4.69) is 0 Å². The molecule has 1 rings (SSSR count). The van der Waals surface area contributed by atoms with E-state index in [0.29, 0.717) is 0 Å². The number of carbonyl (C=O) groups is 1. The highest BCUT2D eigenvalue weighted by Gasteiger charge is 2.31. The zero-order chi connectivity index (χ0) is 11.6.